The number of aryl methyl sites for hydroxylation is 1. The number of esters is 1. The fraction of sp³-hybridized carbons (Fsp3) is 0.333. The Labute approximate surface area is 185 Å². The summed E-state index contributed by atoms with van der Waals surface area (Å²) in [6, 6.07) is 3.18. The third-order valence-corrected chi connectivity index (χ3v) is 5.25. The number of ether oxygens (including phenoxy) is 1. The second kappa shape index (κ2) is 8.51. The summed E-state index contributed by atoms with van der Waals surface area (Å²) in [5.74, 6) is -2.92. The van der Waals surface area contributed by atoms with Crippen molar-refractivity contribution in [1.29, 1.82) is 0 Å². The second-order valence-corrected chi connectivity index (χ2v) is 7.38. The predicted octanol–water partition coefficient (Wildman–Crippen LogP) is 6.46. The summed E-state index contributed by atoms with van der Waals surface area (Å²) in [6.07, 6.45) is -16.0. The van der Waals surface area contributed by atoms with Crippen LogP contribution in [-0.4, -0.2) is 25.0 Å². The molecule has 1 atom stereocenters. The van der Waals surface area contributed by atoms with Crippen LogP contribution in [0.1, 0.15) is 51.0 Å². The molecule has 184 valence electrons. The maximum Gasteiger partial charge on any atom is 0.435 e. The molecule has 0 amide bonds. The minimum Gasteiger partial charge on any atom is -0.465 e. The molecule has 0 spiro atoms. The number of hydrogen-bond acceptors (Lipinski definition) is 4. The first-order valence-corrected chi connectivity index (χ1v) is 9.32. The second-order valence-electron chi connectivity index (χ2n) is 7.38. The van der Waals surface area contributed by atoms with Crippen molar-refractivity contribution >= 4 is 11.7 Å². The smallest absolute Gasteiger partial charge is 0.435 e. The topological polar surface area (TPSA) is 47.9 Å². The number of halogens is 9. The largest absolute Gasteiger partial charge is 0.465 e. The zero-order chi connectivity index (χ0) is 25.6. The van der Waals surface area contributed by atoms with E-state index in [1.807, 2.05) is 0 Å². The van der Waals surface area contributed by atoms with Gasteiger partial charge in [0.25, 0.3) is 12.0 Å². The van der Waals surface area contributed by atoms with Crippen molar-refractivity contribution in [3.05, 3.63) is 69.5 Å². The first-order chi connectivity index (χ1) is 15.6. The molecule has 34 heavy (non-hydrogen) atoms. The average molecular weight is 499 g/mol. The third kappa shape index (κ3) is 4.30. The van der Waals surface area contributed by atoms with Crippen molar-refractivity contribution in [3.63, 3.8) is 0 Å². The van der Waals surface area contributed by atoms with E-state index in [2.05, 4.69) is 14.7 Å². The van der Waals surface area contributed by atoms with Crippen LogP contribution in [0.5, 0.6) is 0 Å². The molecule has 4 nitrogen and oxygen atoms in total. The van der Waals surface area contributed by atoms with E-state index < -0.39 is 65.0 Å². The summed E-state index contributed by atoms with van der Waals surface area (Å²) >= 11 is 0. The highest BCUT2D eigenvalue weighted by Crippen LogP contribution is 2.51. The SMILES string of the molecule is COC(=O)c1ccc(C2=NOC(c3cc(C(F)(F)F)cc(C(F)F)c3F)(C(F)(F)F)C2)cc1C. The first kappa shape index (κ1) is 25.4. The molecule has 13 heteroatoms. The number of methoxy groups -OCH3 is 1. The fourth-order valence-corrected chi connectivity index (χ4v) is 3.48. The molecule has 1 aliphatic rings. The van der Waals surface area contributed by atoms with Crippen molar-refractivity contribution in [2.24, 2.45) is 5.16 Å². The summed E-state index contributed by atoms with van der Waals surface area (Å²) < 4.78 is 128. The minimum atomic E-state index is -5.55. The van der Waals surface area contributed by atoms with Gasteiger partial charge in [0.05, 0.1) is 35.9 Å². The molecule has 2 aromatic carbocycles. The van der Waals surface area contributed by atoms with Gasteiger partial charge in [0.1, 0.15) is 5.82 Å². The molecule has 0 bridgehead atoms. The molecule has 0 radical (unpaired) electrons. The van der Waals surface area contributed by atoms with Crippen LogP contribution in [0.25, 0.3) is 0 Å². The maximum absolute atomic E-state index is 14.8. The Morgan fingerprint density at radius 1 is 1.12 bits per heavy atom. The monoisotopic (exact) mass is 499 g/mol. The van der Waals surface area contributed by atoms with E-state index in [1.54, 1.807) is 0 Å². The summed E-state index contributed by atoms with van der Waals surface area (Å²) in [4.78, 5) is 16.2. The van der Waals surface area contributed by atoms with Gasteiger partial charge < -0.3 is 9.57 Å². The van der Waals surface area contributed by atoms with E-state index in [-0.39, 0.29) is 28.8 Å². The molecule has 1 aliphatic heterocycles. The Bertz CT molecular complexity index is 1160. The zero-order valence-corrected chi connectivity index (χ0v) is 17.2. The number of carbonyl (C=O) groups is 1. The lowest BCUT2D eigenvalue weighted by Gasteiger charge is -2.31. The minimum absolute atomic E-state index is 0.0160. The van der Waals surface area contributed by atoms with Crippen molar-refractivity contribution in [2.75, 3.05) is 7.11 Å². The third-order valence-electron chi connectivity index (χ3n) is 5.25. The first-order valence-electron chi connectivity index (χ1n) is 9.32. The van der Waals surface area contributed by atoms with Crippen LogP contribution < -0.4 is 0 Å². The number of hydrogen-bond donors (Lipinski definition) is 0. The van der Waals surface area contributed by atoms with E-state index in [9.17, 15) is 44.3 Å². The van der Waals surface area contributed by atoms with Gasteiger partial charge in [-0.05, 0) is 42.3 Å². The van der Waals surface area contributed by atoms with Gasteiger partial charge in [-0.1, -0.05) is 11.2 Å². The van der Waals surface area contributed by atoms with Gasteiger partial charge in [-0.2, -0.15) is 26.3 Å². The highest BCUT2D eigenvalue weighted by molar-refractivity contribution is 6.03. The molecule has 0 N–H and O–H groups in total. The predicted molar refractivity (Wildman–Crippen MR) is 98.8 cm³/mol. The standard InChI is InChI=1S/C21H14F9NO3/c1-9-5-10(3-4-12(9)18(32)33-2)15-8-19(34-31-15,21(28,29)30)14-7-11(20(25,26)27)6-13(16(14)22)17(23)24/h3-7,17H,8H2,1-2H3. The Balaban J connectivity index is 2.15. The zero-order valence-electron chi connectivity index (χ0n) is 17.2. The van der Waals surface area contributed by atoms with E-state index >= 15 is 0 Å². The van der Waals surface area contributed by atoms with Crippen LogP contribution >= 0.6 is 0 Å². The molecule has 0 aromatic heterocycles. The molecule has 2 aromatic rings. The van der Waals surface area contributed by atoms with E-state index in [0.717, 1.165) is 7.11 Å². The molecule has 0 saturated heterocycles. The Morgan fingerprint density at radius 3 is 2.26 bits per heavy atom. The number of carbonyl (C=O) groups excluding carboxylic acids is 1. The van der Waals surface area contributed by atoms with Gasteiger partial charge >= 0.3 is 18.3 Å². The van der Waals surface area contributed by atoms with Crippen molar-refractivity contribution in [3.8, 4) is 0 Å². The highest BCUT2D eigenvalue weighted by Gasteiger charge is 2.64. The van der Waals surface area contributed by atoms with Gasteiger partial charge in [-0.15, -0.1) is 0 Å². The normalized spacial score (nSPS) is 18.6. The summed E-state index contributed by atoms with van der Waals surface area (Å²) in [6.45, 7) is 1.44. The van der Waals surface area contributed by atoms with Gasteiger partial charge in [-0.25, -0.2) is 18.0 Å². The van der Waals surface area contributed by atoms with Crippen molar-refractivity contribution in [2.45, 2.75) is 37.7 Å². The number of oxime groups is 1. The van der Waals surface area contributed by atoms with Gasteiger partial charge in [-0.3, -0.25) is 0 Å². The summed E-state index contributed by atoms with van der Waals surface area (Å²) in [5.41, 5.74) is -9.45. The summed E-state index contributed by atoms with van der Waals surface area (Å²) in [7, 11) is 1.11. The summed E-state index contributed by atoms with van der Waals surface area (Å²) in [5, 5.41) is 3.29. The maximum atomic E-state index is 14.8. The number of benzene rings is 2. The van der Waals surface area contributed by atoms with E-state index in [1.165, 1.54) is 25.1 Å². The Morgan fingerprint density at radius 2 is 1.76 bits per heavy atom. The van der Waals surface area contributed by atoms with Gasteiger partial charge in [0.2, 0.25) is 0 Å². The van der Waals surface area contributed by atoms with Crippen LogP contribution in [0.4, 0.5) is 39.5 Å². The molecule has 1 heterocycles. The number of nitrogens with zero attached hydrogens (tertiary/aromatic N) is 1. The Hall–Kier alpha value is -3.25. The van der Waals surface area contributed by atoms with Crippen LogP contribution in [-0.2, 0) is 21.4 Å². The van der Waals surface area contributed by atoms with Crippen molar-refractivity contribution < 1.29 is 53.9 Å². The fourth-order valence-electron chi connectivity index (χ4n) is 3.48. The van der Waals surface area contributed by atoms with Gasteiger partial charge in [0, 0.05) is 5.56 Å². The molecule has 3 rings (SSSR count). The molecular weight excluding hydrogens is 485 g/mol. The van der Waals surface area contributed by atoms with Crippen LogP contribution in [0, 0.1) is 12.7 Å². The quantitative estimate of drug-likeness (QED) is 0.359. The van der Waals surface area contributed by atoms with Crippen molar-refractivity contribution in [1.82, 2.24) is 0 Å². The molecule has 1 unspecified atom stereocenters. The Kier molecular flexibility index (Phi) is 6.35. The molecule has 0 aliphatic carbocycles. The highest BCUT2D eigenvalue weighted by atomic mass is 19.4. The molecular formula is C21H14F9NO3. The van der Waals surface area contributed by atoms with E-state index in [0.29, 0.717) is 0 Å². The van der Waals surface area contributed by atoms with Crippen LogP contribution in [0.2, 0.25) is 0 Å². The number of alkyl halides is 8. The number of rotatable bonds is 4. The lowest BCUT2D eigenvalue weighted by Crippen LogP contribution is -2.44. The van der Waals surface area contributed by atoms with E-state index in [4.69, 9.17) is 0 Å². The lowest BCUT2D eigenvalue weighted by molar-refractivity contribution is -0.277. The average Bonchev–Trinajstić information content (AvgIpc) is 3.19. The molecule has 0 fully saturated rings. The van der Waals surface area contributed by atoms with Crippen LogP contribution in [0.3, 0.4) is 0 Å². The van der Waals surface area contributed by atoms with Gasteiger partial charge in [0.15, 0.2) is 0 Å². The molecule has 0 saturated carbocycles. The lowest BCUT2D eigenvalue weighted by atomic mass is 9.84. The van der Waals surface area contributed by atoms with Crippen LogP contribution in [0.15, 0.2) is 35.5 Å².